The van der Waals surface area contributed by atoms with Crippen molar-refractivity contribution in [1.82, 2.24) is 21.3 Å². The Hall–Kier alpha value is -5.89. The van der Waals surface area contributed by atoms with Gasteiger partial charge in [-0.15, -0.1) is 0 Å². The molecule has 0 radical (unpaired) electrons. The number of hydrogen-bond donors (Lipinski definition) is 4. The van der Waals surface area contributed by atoms with Crippen LogP contribution in [0.2, 0.25) is 0 Å². The Balaban J connectivity index is 0.00000840. The third kappa shape index (κ3) is 17.0. The van der Waals surface area contributed by atoms with E-state index in [2.05, 4.69) is 149 Å². The minimum atomic E-state index is -2.08. The van der Waals surface area contributed by atoms with Crippen molar-refractivity contribution in [1.29, 1.82) is 0 Å². The van der Waals surface area contributed by atoms with E-state index in [1.807, 2.05) is 54.6 Å². The zero-order valence-corrected chi connectivity index (χ0v) is 41.1. The number of benzene rings is 6. The third-order valence-corrected chi connectivity index (χ3v) is 16.7. The Bertz CT molecular complexity index is 2110. The summed E-state index contributed by atoms with van der Waals surface area (Å²) in [5.41, 5.74) is 2.29. The van der Waals surface area contributed by atoms with Crippen LogP contribution in [0.25, 0.3) is 0 Å². The van der Waals surface area contributed by atoms with Gasteiger partial charge < -0.3 is 38.2 Å². The summed E-state index contributed by atoms with van der Waals surface area (Å²) in [7, 11) is -2.08. The van der Waals surface area contributed by atoms with Crippen molar-refractivity contribution in [3.63, 3.8) is 0 Å². The molecule has 0 unspecified atom stereocenters. The predicted octanol–water partition coefficient (Wildman–Crippen LogP) is 5.43. The van der Waals surface area contributed by atoms with Crippen LogP contribution in [0.4, 0.5) is 0 Å². The molecular formula is C57H66BrN4O4P. The van der Waals surface area contributed by atoms with Crippen molar-refractivity contribution in [3.8, 4) is 0 Å². The lowest BCUT2D eigenvalue weighted by Gasteiger charge is -2.36. The first-order chi connectivity index (χ1) is 32.3. The number of halogens is 1. The van der Waals surface area contributed by atoms with Gasteiger partial charge in [0.25, 0.3) is 0 Å². The first-order valence-corrected chi connectivity index (χ1v) is 25.6. The summed E-state index contributed by atoms with van der Waals surface area (Å²) >= 11 is 0. The Morgan fingerprint density at radius 3 is 0.955 bits per heavy atom. The van der Waals surface area contributed by atoms with E-state index in [0.29, 0.717) is 44.9 Å². The Labute approximate surface area is 409 Å². The zero-order chi connectivity index (χ0) is 46.1. The molecule has 6 aromatic rings. The molecule has 6 rings (SSSR count). The van der Waals surface area contributed by atoms with Gasteiger partial charge in [0.2, 0.25) is 23.6 Å². The lowest BCUT2D eigenvalue weighted by molar-refractivity contribution is -0.126. The fraction of sp³-hybridized carbons (Fsp3) is 0.298. The van der Waals surface area contributed by atoms with Crippen LogP contribution >= 0.6 is 7.26 Å². The molecule has 0 saturated carbocycles. The SMILES string of the molecule is O=C(CCCc1ccccc1)NCC(CNC(=O)CCCc1ccccc1)(CNC(=O)CCCc1ccccc1)NC(=O)CCCC[P+](c1ccccc1)(c1ccccc1)c1ccccc1.[Br-]. The molecule has 10 heteroatoms. The Morgan fingerprint density at radius 2 is 0.642 bits per heavy atom. The van der Waals surface area contributed by atoms with Gasteiger partial charge in [0, 0.05) is 45.3 Å². The van der Waals surface area contributed by atoms with Crippen LogP contribution in [0.3, 0.4) is 0 Å². The molecule has 0 heterocycles. The molecule has 0 aromatic heterocycles. The average molecular weight is 982 g/mol. The second-order valence-corrected chi connectivity index (χ2v) is 20.8. The number of carbonyl (C=O) groups excluding carboxylic acids is 4. The minimum Gasteiger partial charge on any atom is -1.00 e. The lowest BCUT2D eigenvalue weighted by Crippen LogP contribution is -3.00. The van der Waals surface area contributed by atoms with Gasteiger partial charge in [-0.3, -0.25) is 19.2 Å². The third-order valence-electron chi connectivity index (χ3n) is 12.2. The standard InChI is InChI=1S/C57H65N4O4P.BrH/c62-53(40-21-30-47-24-7-1-8-25-47)58-44-57(45-59-54(63)41-22-31-48-26-9-2-10-27-48,46-60-55(64)42-23-32-49-28-11-3-12-29-49)61-56(65)39-19-20-43-66(50-33-13-4-14-34-50,51-35-15-5-16-36-51)52-37-17-6-18-38-52;/h1-18,24-29,33-38H,19-23,30-32,39-46H2,(H3-,58,59,60,61,62,63,64,65);1H. The second-order valence-electron chi connectivity index (χ2n) is 17.2. The average Bonchev–Trinajstić information content (AvgIpc) is 3.36. The molecule has 0 fully saturated rings. The highest BCUT2D eigenvalue weighted by Gasteiger charge is 2.44. The number of hydrogen-bond acceptors (Lipinski definition) is 4. The van der Waals surface area contributed by atoms with Crippen molar-refractivity contribution >= 4 is 46.8 Å². The minimum absolute atomic E-state index is 0. The van der Waals surface area contributed by atoms with E-state index in [1.54, 1.807) is 0 Å². The molecule has 0 spiro atoms. The lowest BCUT2D eigenvalue weighted by atomic mass is 9.97. The van der Waals surface area contributed by atoms with E-state index in [4.69, 9.17) is 0 Å². The summed E-state index contributed by atoms with van der Waals surface area (Å²) in [4.78, 5) is 54.6. The highest BCUT2D eigenvalue weighted by atomic mass is 79.9. The molecule has 0 saturated heterocycles. The molecule has 67 heavy (non-hydrogen) atoms. The van der Waals surface area contributed by atoms with Crippen LogP contribution in [0.5, 0.6) is 0 Å². The van der Waals surface area contributed by atoms with E-state index in [9.17, 15) is 19.2 Å². The summed E-state index contributed by atoms with van der Waals surface area (Å²) in [6, 6.07) is 62.4. The summed E-state index contributed by atoms with van der Waals surface area (Å²) in [5.74, 6) is -0.670. The first-order valence-electron chi connectivity index (χ1n) is 23.6. The van der Waals surface area contributed by atoms with Crippen LogP contribution in [-0.4, -0.2) is 55.0 Å². The molecular weight excluding hydrogens is 916 g/mol. The Kier molecular flexibility index (Phi) is 22.0. The number of unbranched alkanes of at least 4 members (excludes halogenated alkanes) is 1. The molecule has 0 atom stereocenters. The number of rotatable bonds is 27. The molecule has 0 aliphatic carbocycles. The van der Waals surface area contributed by atoms with Gasteiger partial charge in [0.1, 0.15) is 23.2 Å². The van der Waals surface area contributed by atoms with Crippen molar-refractivity contribution in [3.05, 3.63) is 199 Å². The fourth-order valence-electron chi connectivity index (χ4n) is 8.56. The maximum atomic E-state index is 14.3. The molecule has 0 aliphatic rings. The zero-order valence-electron chi connectivity index (χ0n) is 38.6. The number of carbonyl (C=O) groups is 4. The predicted molar refractivity (Wildman–Crippen MR) is 272 cm³/mol. The quantitative estimate of drug-likeness (QED) is 0.0408. The van der Waals surface area contributed by atoms with Gasteiger partial charge in [-0.25, -0.2) is 0 Å². The molecule has 4 N–H and O–H groups in total. The maximum Gasteiger partial charge on any atom is 0.220 e. The summed E-state index contributed by atoms with van der Waals surface area (Å²) in [6.45, 7) is 0.0898. The summed E-state index contributed by atoms with van der Waals surface area (Å²) < 4.78 is 0. The normalized spacial score (nSPS) is 11.2. The van der Waals surface area contributed by atoms with Crippen molar-refractivity contribution < 1.29 is 36.2 Å². The van der Waals surface area contributed by atoms with E-state index < -0.39 is 12.8 Å². The van der Waals surface area contributed by atoms with Gasteiger partial charge in [-0.2, -0.15) is 0 Å². The molecule has 8 nitrogen and oxygen atoms in total. The van der Waals surface area contributed by atoms with Crippen LogP contribution in [-0.2, 0) is 38.4 Å². The first kappa shape index (κ1) is 52.1. The summed E-state index contributed by atoms with van der Waals surface area (Å²) in [6.07, 6.45) is 7.68. The van der Waals surface area contributed by atoms with Crippen molar-refractivity contribution in [2.45, 2.75) is 82.6 Å². The van der Waals surface area contributed by atoms with Crippen molar-refractivity contribution in [2.24, 2.45) is 0 Å². The molecule has 4 amide bonds. The van der Waals surface area contributed by atoms with Gasteiger partial charge in [-0.05, 0) is 104 Å². The second kappa shape index (κ2) is 28.3. The molecule has 6 aromatic carbocycles. The van der Waals surface area contributed by atoms with Crippen LogP contribution in [0.15, 0.2) is 182 Å². The topological polar surface area (TPSA) is 116 Å². The molecule has 0 aliphatic heterocycles. The van der Waals surface area contributed by atoms with Gasteiger partial charge in [0.15, 0.2) is 0 Å². The Morgan fingerprint density at radius 1 is 0.358 bits per heavy atom. The van der Waals surface area contributed by atoms with Crippen LogP contribution in [0.1, 0.15) is 74.5 Å². The number of nitrogens with one attached hydrogen (secondary N) is 4. The van der Waals surface area contributed by atoms with E-state index >= 15 is 0 Å². The van der Waals surface area contributed by atoms with Gasteiger partial charge >= 0.3 is 0 Å². The van der Waals surface area contributed by atoms with Gasteiger partial charge in [-0.1, -0.05) is 146 Å². The fourth-order valence-corrected chi connectivity index (χ4v) is 13.0. The molecule has 350 valence electrons. The van der Waals surface area contributed by atoms with Crippen LogP contribution in [0, 0.1) is 0 Å². The molecule has 0 bridgehead atoms. The van der Waals surface area contributed by atoms with Gasteiger partial charge in [0.05, 0.1) is 11.7 Å². The number of amides is 4. The maximum absolute atomic E-state index is 14.3. The van der Waals surface area contributed by atoms with Crippen LogP contribution < -0.4 is 54.2 Å². The monoisotopic (exact) mass is 980 g/mol. The van der Waals surface area contributed by atoms with E-state index in [1.165, 1.54) is 15.9 Å². The van der Waals surface area contributed by atoms with E-state index in [0.717, 1.165) is 48.5 Å². The van der Waals surface area contributed by atoms with Crippen molar-refractivity contribution in [2.75, 3.05) is 25.8 Å². The summed E-state index contributed by atoms with van der Waals surface area (Å²) in [5, 5.41) is 16.4. The smallest absolute Gasteiger partial charge is 0.220 e. The highest BCUT2D eigenvalue weighted by Crippen LogP contribution is 2.56. The largest absolute Gasteiger partial charge is 1.00 e. The number of aryl methyl sites for hydroxylation is 3. The highest BCUT2D eigenvalue weighted by molar-refractivity contribution is 7.95. The van der Waals surface area contributed by atoms with E-state index in [-0.39, 0.29) is 66.7 Å².